The van der Waals surface area contributed by atoms with Crippen molar-refractivity contribution >= 4 is 23.0 Å². The maximum absolute atomic E-state index is 14.1. The van der Waals surface area contributed by atoms with Crippen LogP contribution in [0.1, 0.15) is 23.3 Å². The summed E-state index contributed by atoms with van der Waals surface area (Å²) in [7, 11) is 0. The molecule has 5 N–H and O–H groups in total. The number of aromatic nitrogens is 3. The number of piperidine rings is 1. The number of carbonyl (C=O) groups excluding carboxylic acids is 1. The van der Waals surface area contributed by atoms with Crippen molar-refractivity contribution in [2.75, 3.05) is 29.0 Å². The number of hydrogen-bond acceptors (Lipinski definition) is 7. The van der Waals surface area contributed by atoms with Crippen molar-refractivity contribution in [2.24, 2.45) is 5.73 Å². The van der Waals surface area contributed by atoms with Gasteiger partial charge in [-0.1, -0.05) is 12.1 Å². The third-order valence-electron chi connectivity index (χ3n) is 4.99. The molecule has 1 aliphatic rings. The Labute approximate surface area is 173 Å². The molecule has 154 valence electrons. The molecule has 30 heavy (non-hydrogen) atoms. The molecule has 1 fully saturated rings. The Morgan fingerprint density at radius 2 is 2.07 bits per heavy atom. The van der Waals surface area contributed by atoms with E-state index in [1.807, 2.05) is 6.07 Å². The zero-order chi connectivity index (χ0) is 21.1. The second-order valence-electron chi connectivity index (χ2n) is 7.17. The average Bonchev–Trinajstić information content (AvgIpc) is 2.75. The maximum atomic E-state index is 14.1. The first kappa shape index (κ1) is 19.7. The van der Waals surface area contributed by atoms with Gasteiger partial charge in [0.2, 0.25) is 0 Å². The summed E-state index contributed by atoms with van der Waals surface area (Å²) in [5.74, 6) is -0.923. The smallest absolute Gasteiger partial charge is 0.276 e. The Bertz CT molecular complexity index is 1070. The molecule has 3 aromatic rings. The number of nitrogens with one attached hydrogen (secondary N) is 1. The van der Waals surface area contributed by atoms with Gasteiger partial charge in [-0.3, -0.25) is 9.78 Å². The van der Waals surface area contributed by atoms with Crippen molar-refractivity contribution < 1.29 is 9.18 Å². The molecule has 0 unspecified atom stereocenters. The fourth-order valence-corrected chi connectivity index (χ4v) is 3.51. The summed E-state index contributed by atoms with van der Waals surface area (Å²) in [6.07, 6.45) is 6.49. The van der Waals surface area contributed by atoms with Gasteiger partial charge >= 0.3 is 0 Å². The lowest BCUT2D eigenvalue weighted by Gasteiger charge is -2.33. The molecule has 1 aliphatic heterocycles. The van der Waals surface area contributed by atoms with Gasteiger partial charge < -0.3 is 21.7 Å². The molecule has 1 atom stereocenters. The summed E-state index contributed by atoms with van der Waals surface area (Å²) in [6.45, 7) is 1.54. The number of pyridine rings is 1. The van der Waals surface area contributed by atoms with Gasteiger partial charge in [-0.15, -0.1) is 0 Å². The molecule has 4 rings (SSSR count). The molecule has 0 spiro atoms. The molecule has 1 amide bonds. The minimum Gasteiger partial charge on any atom is -0.396 e. The van der Waals surface area contributed by atoms with Crippen molar-refractivity contribution in [3.05, 3.63) is 60.4 Å². The number of benzene rings is 1. The lowest BCUT2D eigenvalue weighted by atomic mass is 10.1. The zero-order valence-corrected chi connectivity index (χ0v) is 16.3. The summed E-state index contributed by atoms with van der Waals surface area (Å²) in [4.78, 5) is 27.5. The Balaban J connectivity index is 1.62. The average molecular weight is 407 g/mol. The summed E-state index contributed by atoms with van der Waals surface area (Å²) < 4.78 is 14.1. The Hall–Kier alpha value is -3.59. The number of nitrogens with zero attached hydrogens (tertiary/aromatic N) is 4. The normalized spacial score (nSPS) is 16.3. The van der Waals surface area contributed by atoms with Gasteiger partial charge in [0.15, 0.2) is 11.5 Å². The van der Waals surface area contributed by atoms with Gasteiger partial charge in [0.1, 0.15) is 5.82 Å². The zero-order valence-electron chi connectivity index (χ0n) is 16.3. The van der Waals surface area contributed by atoms with E-state index >= 15 is 0 Å². The lowest BCUT2D eigenvalue weighted by molar-refractivity contribution is 0.102. The molecule has 1 saturated heterocycles. The van der Waals surface area contributed by atoms with Gasteiger partial charge in [-0.05, 0) is 31.0 Å². The number of rotatable bonds is 4. The van der Waals surface area contributed by atoms with E-state index in [1.54, 1.807) is 30.6 Å². The van der Waals surface area contributed by atoms with Crippen LogP contribution in [0.2, 0.25) is 0 Å². The molecular formula is C21H22FN7O. The highest BCUT2D eigenvalue weighted by Gasteiger charge is 2.22. The van der Waals surface area contributed by atoms with Crippen LogP contribution in [0.5, 0.6) is 0 Å². The van der Waals surface area contributed by atoms with Gasteiger partial charge in [0.25, 0.3) is 5.91 Å². The first-order valence-corrected chi connectivity index (χ1v) is 9.66. The highest BCUT2D eigenvalue weighted by atomic mass is 19.1. The number of anilines is 3. The summed E-state index contributed by atoms with van der Waals surface area (Å²) in [5, 5.41) is 2.83. The fourth-order valence-electron chi connectivity index (χ4n) is 3.51. The van der Waals surface area contributed by atoms with Gasteiger partial charge in [0.05, 0.1) is 35.0 Å². The molecule has 3 heterocycles. The van der Waals surface area contributed by atoms with Crippen LogP contribution < -0.4 is 21.7 Å². The number of halogens is 1. The number of amides is 1. The SMILES string of the molecule is Nc1cnc(-c2ccccc2F)nc1C(=O)Nc1cnccc1N1CCC[C@H](N)C1. The van der Waals surface area contributed by atoms with E-state index in [1.165, 1.54) is 12.3 Å². The second-order valence-corrected chi connectivity index (χ2v) is 7.17. The van der Waals surface area contributed by atoms with E-state index in [2.05, 4.69) is 25.2 Å². The topological polar surface area (TPSA) is 123 Å². The summed E-state index contributed by atoms with van der Waals surface area (Å²) >= 11 is 0. The molecule has 2 aromatic heterocycles. The fraction of sp³-hybridized carbons (Fsp3) is 0.238. The third-order valence-corrected chi connectivity index (χ3v) is 4.99. The second kappa shape index (κ2) is 8.42. The highest BCUT2D eigenvalue weighted by Crippen LogP contribution is 2.28. The number of nitrogen functional groups attached to an aromatic ring is 1. The standard InChI is InChI=1S/C21H22FN7O/c22-15-6-2-1-5-14(15)20-26-10-16(24)19(28-20)21(30)27-17-11-25-8-7-18(17)29-9-3-4-13(23)12-29/h1-2,5-8,10-11,13H,3-4,9,12,23-24H2,(H,27,30)/t13-/m0/s1. The molecule has 8 nitrogen and oxygen atoms in total. The molecule has 0 radical (unpaired) electrons. The van der Waals surface area contributed by atoms with Crippen LogP contribution in [0.3, 0.4) is 0 Å². The van der Waals surface area contributed by atoms with E-state index in [4.69, 9.17) is 11.5 Å². The van der Waals surface area contributed by atoms with Gasteiger partial charge in [-0.2, -0.15) is 0 Å². The molecule has 1 aromatic carbocycles. The number of nitrogens with two attached hydrogens (primary N) is 2. The van der Waals surface area contributed by atoms with Crippen LogP contribution in [-0.4, -0.2) is 40.0 Å². The Morgan fingerprint density at radius 1 is 1.23 bits per heavy atom. The summed E-state index contributed by atoms with van der Waals surface area (Å²) in [6, 6.07) is 8.00. The van der Waals surface area contributed by atoms with Crippen molar-refractivity contribution in [3.8, 4) is 11.4 Å². The highest BCUT2D eigenvalue weighted by molar-refractivity contribution is 6.07. The largest absolute Gasteiger partial charge is 0.396 e. The van der Waals surface area contributed by atoms with Crippen LogP contribution in [0.15, 0.2) is 48.9 Å². The van der Waals surface area contributed by atoms with Crippen molar-refractivity contribution in [1.29, 1.82) is 0 Å². The van der Waals surface area contributed by atoms with E-state index in [0.717, 1.165) is 25.1 Å². The maximum Gasteiger partial charge on any atom is 0.276 e. The van der Waals surface area contributed by atoms with Crippen LogP contribution in [0.25, 0.3) is 11.4 Å². The van der Waals surface area contributed by atoms with E-state index < -0.39 is 11.7 Å². The lowest BCUT2D eigenvalue weighted by Crippen LogP contribution is -2.43. The van der Waals surface area contributed by atoms with Crippen LogP contribution in [0, 0.1) is 5.82 Å². The van der Waals surface area contributed by atoms with E-state index in [-0.39, 0.29) is 28.8 Å². The van der Waals surface area contributed by atoms with Crippen molar-refractivity contribution in [3.63, 3.8) is 0 Å². The summed E-state index contributed by atoms with van der Waals surface area (Å²) in [5.41, 5.74) is 13.6. The molecule has 9 heteroatoms. The van der Waals surface area contributed by atoms with Gasteiger partial charge in [0, 0.05) is 25.3 Å². The van der Waals surface area contributed by atoms with Crippen molar-refractivity contribution in [1.82, 2.24) is 15.0 Å². The third kappa shape index (κ3) is 4.06. The number of carbonyl (C=O) groups is 1. The first-order valence-electron chi connectivity index (χ1n) is 9.66. The Morgan fingerprint density at radius 3 is 2.87 bits per heavy atom. The Kier molecular flexibility index (Phi) is 5.53. The van der Waals surface area contributed by atoms with E-state index in [9.17, 15) is 9.18 Å². The quantitative estimate of drug-likeness (QED) is 0.607. The van der Waals surface area contributed by atoms with Crippen molar-refractivity contribution in [2.45, 2.75) is 18.9 Å². The van der Waals surface area contributed by atoms with Crippen LogP contribution >= 0.6 is 0 Å². The van der Waals surface area contributed by atoms with Gasteiger partial charge in [-0.25, -0.2) is 14.4 Å². The molecule has 0 saturated carbocycles. The van der Waals surface area contributed by atoms with Crippen LogP contribution in [-0.2, 0) is 0 Å². The molecule has 0 bridgehead atoms. The number of hydrogen-bond donors (Lipinski definition) is 3. The predicted molar refractivity (Wildman–Crippen MR) is 113 cm³/mol. The van der Waals surface area contributed by atoms with E-state index in [0.29, 0.717) is 12.2 Å². The first-order chi connectivity index (χ1) is 14.5. The molecular weight excluding hydrogens is 385 g/mol. The molecule has 0 aliphatic carbocycles. The van der Waals surface area contributed by atoms with Crippen LogP contribution in [0.4, 0.5) is 21.5 Å². The minimum absolute atomic E-state index is 0.0339. The minimum atomic E-state index is -0.525. The monoisotopic (exact) mass is 407 g/mol. The predicted octanol–water partition coefficient (Wildman–Crippen LogP) is 2.44.